The number of thioether (sulfide) groups is 1. The first-order valence-corrected chi connectivity index (χ1v) is 14.2. The van der Waals surface area contributed by atoms with E-state index in [1.165, 1.54) is 0 Å². The molecule has 3 fully saturated rings. The third-order valence-electron chi connectivity index (χ3n) is 8.57. The van der Waals surface area contributed by atoms with Crippen molar-refractivity contribution in [3.8, 4) is 0 Å². The summed E-state index contributed by atoms with van der Waals surface area (Å²) in [5, 5.41) is 13.7. The monoisotopic (exact) mass is 536 g/mol. The predicted octanol–water partition coefficient (Wildman–Crippen LogP) is 3.89. The zero-order chi connectivity index (χ0) is 27.2. The van der Waals surface area contributed by atoms with Gasteiger partial charge in [0.2, 0.25) is 11.8 Å². The topological polar surface area (TPSA) is 95.9 Å². The van der Waals surface area contributed by atoms with Gasteiger partial charge in [-0.2, -0.15) is 0 Å². The van der Waals surface area contributed by atoms with Crippen LogP contribution < -0.4 is 5.32 Å². The van der Waals surface area contributed by atoms with Crippen molar-refractivity contribution in [2.45, 2.75) is 68.5 Å². The van der Waals surface area contributed by atoms with Crippen LogP contribution in [0.25, 0.3) is 0 Å². The number of hydrogen-bond acceptors (Lipinski definition) is 6. The van der Waals surface area contributed by atoms with Gasteiger partial charge in [0.15, 0.2) is 0 Å². The van der Waals surface area contributed by atoms with Crippen LogP contribution in [0.2, 0.25) is 0 Å². The summed E-state index contributed by atoms with van der Waals surface area (Å²) in [5.74, 6) is -2.20. The number of nitrogens with zero attached hydrogens (tertiary/aromatic N) is 1. The summed E-state index contributed by atoms with van der Waals surface area (Å²) in [7, 11) is 0. The third kappa shape index (κ3) is 4.22. The highest BCUT2D eigenvalue weighted by Gasteiger charge is 2.78. The molecule has 8 heteroatoms. The van der Waals surface area contributed by atoms with Gasteiger partial charge < -0.3 is 20.1 Å². The van der Waals surface area contributed by atoms with Crippen LogP contribution in [0.3, 0.4) is 0 Å². The number of fused-ring (bicyclic) bond motifs is 1. The second-order valence-corrected chi connectivity index (χ2v) is 13.0. The maximum atomic E-state index is 14.3. The van der Waals surface area contributed by atoms with Crippen molar-refractivity contribution in [2.75, 3.05) is 18.5 Å². The smallest absolute Gasteiger partial charge is 0.311 e. The van der Waals surface area contributed by atoms with E-state index in [0.29, 0.717) is 24.9 Å². The van der Waals surface area contributed by atoms with Gasteiger partial charge >= 0.3 is 5.97 Å². The predicted molar refractivity (Wildman–Crippen MR) is 148 cm³/mol. The van der Waals surface area contributed by atoms with Crippen LogP contribution in [0.15, 0.2) is 48.5 Å². The molecule has 202 valence electrons. The Bertz CT molecular complexity index is 1250. The second kappa shape index (κ2) is 10.0. The number of likely N-dealkylation sites (tertiary alicyclic amines) is 1. The molecular formula is C30H36N2O5S. The number of amides is 2. The van der Waals surface area contributed by atoms with Crippen LogP contribution in [0, 0.1) is 25.7 Å². The highest BCUT2D eigenvalue weighted by Crippen LogP contribution is 2.71. The maximum Gasteiger partial charge on any atom is 0.311 e. The fourth-order valence-electron chi connectivity index (χ4n) is 6.85. The maximum absolute atomic E-state index is 14.3. The van der Waals surface area contributed by atoms with Crippen molar-refractivity contribution in [3.05, 3.63) is 65.2 Å². The Morgan fingerprint density at radius 2 is 1.92 bits per heavy atom. The number of aliphatic hydroxyl groups is 1. The van der Waals surface area contributed by atoms with E-state index < -0.39 is 33.4 Å². The Kier molecular flexibility index (Phi) is 7.07. The van der Waals surface area contributed by atoms with Crippen molar-refractivity contribution in [1.29, 1.82) is 0 Å². The van der Waals surface area contributed by atoms with Crippen LogP contribution in [0.1, 0.15) is 43.4 Å². The molecule has 0 aromatic heterocycles. The SMILES string of the molecule is CCOC(=O)[C@@H]1[C@H]2C(=O)N([C@@H](CO)Cc3ccccc3)C(C(=O)Nc3cc(C)ccc3C)C23CC[C@@]1(C)S3. The summed E-state index contributed by atoms with van der Waals surface area (Å²) in [5.41, 5.74) is 3.62. The minimum absolute atomic E-state index is 0.234. The van der Waals surface area contributed by atoms with Crippen molar-refractivity contribution in [1.82, 2.24) is 4.90 Å². The number of aryl methyl sites for hydroxylation is 2. The number of ether oxygens (including phenoxy) is 1. The molecule has 0 aliphatic carbocycles. The van der Waals surface area contributed by atoms with E-state index >= 15 is 0 Å². The number of carbonyl (C=O) groups is 3. The Hall–Kier alpha value is -2.84. The summed E-state index contributed by atoms with van der Waals surface area (Å²) in [6.07, 6.45) is 1.77. The molecule has 5 rings (SSSR count). The Labute approximate surface area is 228 Å². The van der Waals surface area contributed by atoms with Gasteiger partial charge in [0.1, 0.15) is 6.04 Å². The lowest BCUT2D eigenvalue weighted by Crippen LogP contribution is -2.55. The first-order valence-electron chi connectivity index (χ1n) is 13.4. The molecule has 2 aromatic carbocycles. The van der Waals surface area contributed by atoms with Crippen LogP contribution in [-0.4, -0.2) is 62.6 Å². The van der Waals surface area contributed by atoms with E-state index in [1.807, 2.05) is 69.3 Å². The lowest BCUT2D eigenvalue weighted by atomic mass is 9.66. The Morgan fingerprint density at radius 1 is 1.18 bits per heavy atom. The van der Waals surface area contributed by atoms with Crippen molar-refractivity contribution >= 4 is 35.2 Å². The van der Waals surface area contributed by atoms with Crippen LogP contribution in [-0.2, 0) is 25.5 Å². The average Bonchev–Trinajstić information content (AvgIpc) is 3.46. The lowest BCUT2D eigenvalue weighted by molar-refractivity contribution is -0.155. The van der Waals surface area contributed by atoms with Crippen molar-refractivity contribution in [2.24, 2.45) is 11.8 Å². The molecule has 0 radical (unpaired) electrons. The third-order valence-corrected chi connectivity index (χ3v) is 10.6. The molecule has 3 aliphatic rings. The van der Waals surface area contributed by atoms with Gasteiger partial charge in [-0.25, -0.2) is 0 Å². The van der Waals surface area contributed by atoms with E-state index in [2.05, 4.69) is 5.32 Å². The molecular weight excluding hydrogens is 500 g/mol. The molecule has 3 heterocycles. The molecule has 3 aliphatic heterocycles. The Balaban J connectivity index is 1.58. The molecule has 38 heavy (non-hydrogen) atoms. The van der Waals surface area contributed by atoms with Gasteiger partial charge in [-0.05, 0) is 69.7 Å². The Morgan fingerprint density at radius 3 is 2.61 bits per heavy atom. The molecule has 3 saturated heterocycles. The highest BCUT2D eigenvalue weighted by molar-refractivity contribution is 8.02. The highest BCUT2D eigenvalue weighted by atomic mass is 32.2. The van der Waals surface area contributed by atoms with E-state index in [0.717, 1.165) is 16.7 Å². The van der Waals surface area contributed by atoms with Gasteiger partial charge in [-0.1, -0.05) is 42.5 Å². The summed E-state index contributed by atoms with van der Waals surface area (Å²) in [6.45, 7) is 7.64. The molecule has 6 atom stereocenters. The number of hydrogen-bond donors (Lipinski definition) is 2. The average molecular weight is 537 g/mol. The first kappa shape index (κ1) is 26.8. The second-order valence-electron chi connectivity index (χ2n) is 11.1. The summed E-state index contributed by atoms with van der Waals surface area (Å²) < 4.78 is 4.21. The van der Waals surface area contributed by atoms with Crippen LogP contribution >= 0.6 is 11.8 Å². The standard InChI is InChI=1S/C30H36N2O5S/c1-5-37-28(36)24-23-27(35)32(21(17-33)16-20-9-7-6-8-10-20)25(30(23)14-13-29(24,4)38-30)26(34)31-22-15-18(2)11-12-19(22)3/h6-12,15,21,23-25,33H,5,13-14,16-17H2,1-4H3,(H,31,34)/t21-,23+,24+,25?,29-,30?/m1/s1. The van der Waals surface area contributed by atoms with Gasteiger partial charge in [-0.3, -0.25) is 14.4 Å². The molecule has 1 spiro atoms. The number of aliphatic hydroxyl groups excluding tert-OH is 1. The largest absolute Gasteiger partial charge is 0.466 e. The normalized spacial score (nSPS) is 30.3. The summed E-state index contributed by atoms with van der Waals surface area (Å²) >= 11 is 1.60. The lowest BCUT2D eigenvalue weighted by Gasteiger charge is -2.37. The number of anilines is 1. The molecule has 2 N–H and O–H groups in total. The van der Waals surface area contributed by atoms with Gasteiger partial charge in [0, 0.05) is 10.4 Å². The van der Waals surface area contributed by atoms with Gasteiger partial charge in [-0.15, -0.1) is 11.8 Å². The summed E-state index contributed by atoms with van der Waals surface area (Å²) in [4.78, 5) is 43.4. The van der Waals surface area contributed by atoms with Gasteiger partial charge in [0.25, 0.3) is 0 Å². The zero-order valence-electron chi connectivity index (χ0n) is 22.4. The zero-order valence-corrected chi connectivity index (χ0v) is 23.2. The van der Waals surface area contributed by atoms with E-state index in [1.54, 1.807) is 23.6 Å². The first-order chi connectivity index (χ1) is 18.1. The molecule has 2 bridgehead atoms. The molecule has 2 unspecified atom stereocenters. The number of benzene rings is 2. The minimum atomic E-state index is -0.827. The van der Waals surface area contributed by atoms with E-state index in [-0.39, 0.29) is 31.0 Å². The molecule has 2 amide bonds. The van der Waals surface area contributed by atoms with Gasteiger partial charge in [0.05, 0.1) is 35.8 Å². The summed E-state index contributed by atoms with van der Waals surface area (Å²) in [6, 6.07) is 14.1. The van der Waals surface area contributed by atoms with Crippen molar-refractivity contribution < 1.29 is 24.2 Å². The van der Waals surface area contributed by atoms with E-state index in [4.69, 9.17) is 4.74 Å². The fraction of sp³-hybridized carbons (Fsp3) is 0.500. The van der Waals surface area contributed by atoms with Crippen molar-refractivity contribution in [3.63, 3.8) is 0 Å². The molecule has 7 nitrogen and oxygen atoms in total. The minimum Gasteiger partial charge on any atom is -0.466 e. The number of rotatable bonds is 8. The quantitative estimate of drug-likeness (QED) is 0.497. The number of nitrogens with one attached hydrogen (secondary N) is 1. The van der Waals surface area contributed by atoms with E-state index in [9.17, 15) is 19.5 Å². The number of carbonyl (C=O) groups excluding carboxylic acids is 3. The molecule has 0 saturated carbocycles. The van der Waals surface area contributed by atoms with Crippen LogP contribution in [0.5, 0.6) is 0 Å². The molecule has 2 aromatic rings. The fourth-order valence-corrected chi connectivity index (χ4v) is 9.19. The number of esters is 1. The van der Waals surface area contributed by atoms with Crippen LogP contribution in [0.4, 0.5) is 5.69 Å².